The maximum atomic E-state index is 13.0. The van der Waals surface area contributed by atoms with Gasteiger partial charge in [-0.3, -0.25) is 10.2 Å². The Kier molecular flexibility index (Phi) is 8.96. The first-order valence-corrected chi connectivity index (χ1v) is 12.8. The first kappa shape index (κ1) is 27.8. The van der Waals surface area contributed by atoms with Crippen molar-refractivity contribution in [3.63, 3.8) is 0 Å². The van der Waals surface area contributed by atoms with Gasteiger partial charge in [0.1, 0.15) is 18.5 Å². The van der Waals surface area contributed by atoms with Gasteiger partial charge in [0, 0.05) is 33.4 Å². The van der Waals surface area contributed by atoms with E-state index >= 15 is 0 Å². The second-order valence-corrected chi connectivity index (χ2v) is 9.59. The fourth-order valence-corrected chi connectivity index (χ4v) is 4.74. The number of primary amides is 1. The van der Waals surface area contributed by atoms with Crippen molar-refractivity contribution >= 4 is 40.6 Å². The molecular weight excluding hydrogens is 535 g/mol. The first-order valence-electron chi connectivity index (χ1n) is 12.1. The quantitative estimate of drug-likeness (QED) is 0.151. The predicted molar refractivity (Wildman–Crippen MR) is 156 cm³/mol. The summed E-state index contributed by atoms with van der Waals surface area (Å²) in [6.07, 6.45) is 0. The standard InChI is InChI=1S/C30H28Cl2N4O3/c1-38-27-16-21(12-15-26(27)39-18-23-24(31)8-5-9-25(23)32)28(30(35)37)36(17-19-6-3-2-4-7-19)22-13-10-20(11-14-22)29(33)34/h2-16,28H,17-18H2,1H3,(H3,33,34)(H2,35,37). The number of halogens is 2. The summed E-state index contributed by atoms with van der Waals surface area (Å²) in [6, 6.07) is 26.5. The number of amidine groups is 1. The van der Waals surface area contributed by atoms with Gasteiger partial charge in [0.05, 0.1) is 7.11 Å². The van der Waals surface area contributed by atoms with Crippen LogP contribution < -0.4 is 25.8 Å². The molecule has 5 N–H and O–H groups in total. The highest BCUT2D eigenvalue weighted by molar-refractivity contribution is 6.35. The van der Waals surface area contributed by atoms with Gasteiger partial charge in [-0.05, 0) is 59.7 Å². The molecule has 0 saturated carbocycles. The summed E-state index contributed by atoms with van der Waals surface area (Å²) >= 11 is 12.6. The third-order valence-corrected chi connectivity index (χ3v) is 6.93. The number of hydrogen-bond donors (Lipinski definition) is 3. The molecule has 0 aliphatic carbocycles. The number of rotatable bonds is 11. The smallest absolute Gasteiger partial charge is 0.244 e. The molecule has 200 valence electrons. The Bertz CT molecular complexity index is 1440. The molecule has 9 heteroatoms. The summed E-state index contributed by atoms with van der Waals surface area (Å²) in [4.78, 5) is 14.9. The van der Waals surface area contributed by atoms with Crippen molar-refractivity contribution in [1.82, 2.24) is 0 Å². The van der Waals surface area contributed by atoms with Crippen LogP contribution in [0.4, 0.5) is 5.69 Å². The monoisotopic (exact) mass is 562 g/mol. The first-order chi connectivity index (χ1) is 18.8. The van der Waals surface area contributed by atoms with Gasteiger partial charge in [0.25, 0.3) is 0 Å². The molecule has 0 heterocycles. The number of methoxy groups -OCH3 is 1. The van der Waals surface area contributed by atoms with Crippen molar-refractivity contribution in [1.29, 1.82) is 5.41 Å². The number of hydrogen-bond acceptors (Lipinski definition) is 5. The van der Waals surface area contributed by atoms with E-state index in [1.165, 1.54) is 7.11 Å². The molecule has 0 aliphatic heterocycles. The molecule has 4 aromatic rings. The van der Waals surface area contributed by atoms with Crippen LogP contribution in [0.25, 0.3) is 0 Å². The Morgan fingerprint density at radius 1 is 0.897 bits per heavy atom. The lowest BCUT2D eigenvalue weighted by Crippen LogP contribution is -2.37. The highest BCUT2D eigenvalue weighted by Crippen LogP contribution is 2.36. The number of nitrogens with two attached hydrogens (primary N) is 2. The lowest BCUT2D eigenvalue weighted by Gasteiger charge is -2.32. The molecule has 7 nitrogen and oxygen atoms in total. The fourth-order valence-electron chi connectivity index (χ4n) is 4.24. The van der Waals surface area contributed by atoms with Crippen molar-refractivity contribution in [2.45, 2.75) is 19.2 Å². The summed E-state index contributed by atoms with van der Waals surface area (Å²) in [5.41, 5.74) is 15.2. The molecule has 0 aliphatic rings. The minimum atomic E-state index is -0.839. The number of anilines is 1. The second kappa shape index (κ2) is 12.6. The summed E-state index contributed by atoms with van der Waals surface area (Å²) in [5, 5.41) is 8.71. The number of nitrogens with zero attached hydrogens (tertiary/aromatic N) is 1. The van der Waals surface area contributed by atoms with Crippen LogP contribution in [0.2, 0.25) is 10.0 Å². The Labute approximate surface area is 237 Å². The van der Waals surface area contributed by atoms with Crippen molar-refractivity contribution in [2.75, 3.05) is 12.0 Å². The van der Waals surface area contributed by atoms with Gasteiger partial charge in [0.2, 0.25) is 5.91 Å². The molecule has 0 saturated heterocycles. The molecule has 1 atom stereocenters. The number of ether oxygens (including phenoxy) is 2. The van der Waals surface area contributed by atoms with Crippen LogP contribution >= 0.6 is 23.2 Å². The molecule has 0 radical (unpaired) electrons. The SMILES string of the molecule is COc1cc(C(C(N)=O)N(Cc2ccccc2)c2ccc(C(=N)N)cc2)ccc1OCc1c(Cl)cccc1Cl. The molecule has 0 spiro atoms. The topological polar surface area (TPSA) is 115 Å². The molecule has 0 aromatic heterocycles. The molecule has 4 aromatic carbocycles. The molecule has 0 bridgehead atoms. The highest BCUT2D eigenvalue weighted by atomic mass is 35.5. The van der Waals surface area contributed by atoms with Crippen molar-refractivity contribution in [3.8, 4) is 11.5 Å². The minimum Gasteiger partial charge on any atom is -0.493 e. The van der Waals surface area contributed by atoms with Crippen LogP contribution in [0, 0.1) is 5.41 Å². The Hall–Kier alpha value is -4.20. The van der Waals surface area contributed by atoms with E-state index in [0.29, 0.717) is 44.8 Å². The summed E-state index contributed by atoms with van der Waals surface area (Å²) < 4.78 is 11.6. The van der Waals surface area contributed by atoms with E-state index in [1.54, 1.807) is 48.5 Å². The van der Waals surface area contributed by atoms with Crippen LogP contribution in [0.5, 0.6) is 11.5 Å². The maximum Gasteiger partial charge on any atom is 0.244 e. The number of carbonyl (C=O) groups excluding carboxylic acids is 1. The number of benzene rings is 4. The second-order valence-electron chi connectivity index (χ2n) is 8.78. The average Bonchev–Trinajstić information content (AvgIpc) is 2.93. The van der Waals surface area contributed by atoms with Crippen LogP contribution in [-0.4, -0.2) is 18.9 Å². The van der Waals surface area contributed by atoms with Gasteiger partial charge in [0.15, 0.2) is 11.5 Å². The Balaban J connectivity index is 1.70. The van der Waals surface area contributed by atoms with E-state index in [2.05, 4.69) is 0 Å². The van der Waals surface area contributed by atoms with E-state index < -0.39 is 11.9 Å². The minimum absolute atomic E-state index is 0.0407. The van der Waals surface area contributed by atoms with Gasteiger partial charge in [-0.2, -0.15) is 0 Å². The summed E-state index contributed by atoms with van der Waals surface area (Å²) in [7, 11) is 1.52. The molecular formula is C30H28Cl2N4O3. The lowest BCUT2D eigenvalue weighted by molar-refractivity contribution is -0.119. The largest absolute Gasteiger partial charge is 0.493 e. The van der Waals surface area contributed by atoms with Gasteiger partial charge in [-0.15, -0.1) is 0 Å². The fraction of sp³-hybridized carbons (Fsp3) is 0.133. The zero-order valence-corrected chi connectivity index (χ0v) is 22.7. The normalized spacial score (nSPS) is 11.5. The summed E-state index contributed by atoms with van der Waals surface area (Å²) in [6.45, 7) is 0.537. The third kappa shape index (κ3) is 6.63. The number of amides is 1. The van der Waals surface area contributed by atoms with Crippen LogP contribution in [0.3, 0.4) is 0 Å². The zero-order valence-electron chi connectivity index (χ0n) is 21.2. The van der Waals surface area contributed by atoms with Gasteiger partial charge in [-0.25, -0.2) is 0 Å². The molecule has 0 fully saturated rings. The van der Waals surface area contributed by atoms with Crippen molar-refractivity contribution in [2.24, 2.45) is 11.5 Å². The van der Waals surface area contributed by atoms with Crippen molar-refractivity contribution in [3.05, 3.63) is 123 Å². The number of carbonyl (C=O) groups is 1. The number of nitrogen functional groups attached to an aromatic ring is 1. The van der Waals surface area contributed by atoms with E-state index in [0.717, 1.165) is 11.3 Å². The van der Waals surface area contributed by atoms with Gasteiger partial charge >= 0.3 is 0 Å². The Morgan fingerprint density at radius 3 is 2.15 bits per heavy atom. The van der Waals surface area contributed by atoms with Gasteiger partial charge in [-0.1, -0.05) is 65.7 Å². The highest BCUT2D eigenvalue weighted by Gasteiger charge is 2.28. The lowest BCUT2D eigenvalue weighted by atomic mass is 10.0. The maximum absolute atomic E-state index is 13.0. The number of nitrogens with one attached hydrogen (secondary N) is 1. The van der Waals surface area contributed by atoms with Crippen molar-refractivity contribution < 1.29 is 14.3 Å². The summed E-state index contributed by atoms with van der Waals surface area (Å²) in [5.74, 6) is 0.301. The molecule has 1 unspecified atom stereocenters. The Morgan fingerprint density at radius 2 is 1.56 bits per heavy atom. The van der Waals surface area contributed by atoms with E-state index in [9.17, 15) is 4.79 Å². The van der Waals surface area contributed by atoms with E-state index in [4.69, 9.17) is 49.6 Å². The molecule has 1 amide bonds. The van der Waals surface area contributed by atoms with Crippen LogP contribution in [0.1, 0.15) is 28.3 Å². The zero-order chi connectivity index (χ0) is 27.9. The van der Waals surface area contributed by atoms with E-state index in [1.807, 2.05) is 47.4 Å². The van der Waals surface area contributed by atoms with E-state index in [-0.39, 0.29) is 12.4 Å². The van der Waals surface area contributed by atoms with Crippen LogP contribution in [0.15, 0.2) is 91.0 Å². The third-order valence-electron chi connectivity index (χ3n) is 6.22. The van der Waals surface area contributed by atoms with Gasteiger partial charge < -0.3 is 25.8 Å². The predicted octanol–water partition coefficient (Wildman–Crippen LogP) is 6.10. The molecule has 4 rings (SSSR count). The van der Waals surface area contributed by atoms with Crippen LogP contribution in [-0.2, 0) is 17.9 Å². The average molecular weight is 563 g/mol. The molecule has 39 heavy (non-hydrogen) atoms.